The molecule has 0 saturated carbocycles. The quantitative estimate of drug-likeness (QED) is 0.611. The first-order valence-corrected chi connectivity index (χ1v) is 10.3. The van der Waals surface area contributed by atoms with Crippen molar-refractivity contribution in [2.24, 2.45) is 0 Å². The van der Waals surface area contributed by atoms with Crippen LogP contribution in [0.5, 0.6) is 0 Å². The van der Waals surface area contributed by atoms with Crippen LogP contribution >= 0.6 is 11.3 Å². The Hall–Kier alpha value is -2.78. The van der Waals surface area contributed by atoms with Crippen molar-refractivity contribution >= 4 is 22.9 Å². The minimum Gasteiger partial charge on any atom is -0.369 e. The highest BCUT2D eigenvalue weighted by atomic mass is 32.1. The molecule has 1 fully saturated rings. The van der Waals surface area contributed by atoms with Crippen molar-refractivity contribution in [1.29, 1.82) is 0 Å². The van der Waals surface area contributed by atoms with Crippen LogP contribution in [0.1, 0.15) is 16.1 Å². The number of tetrazole rings is 1. The first-order valence-electron chi connectivity index (χ1n) is 9.42. The van der Waals surface area contributed by atoms with Gasteiger partial charge in [0, 0.05) is 38.4 Å². The number of thiophene rings is 1. The van der Waals surface area contributed by atoms with E-state index < -0.39 is 0 Å². The number of carbonyl (C=O) groups excluding carboxylic acids is 1. The highest BCUT2D eigenvalue weighted by Gasteiger charge is 2.18. The molecule has 0 aliphatic carbocycles. The number of anilines is 1. The summed E-state index contributed by atoms with van der Waals surface area (Å²) in [5.41, 5.74) is 2.01. The third kappa shape index (κ3) is 4.37. The predicted molar refractivity (Wildman–Crippen MR) is 109 cm³/mol. The summed E-state index contributed by atoms with van der Waals surface area (Å²) in [4.78, 5) is 18.0. The number of benzene rings is 1. The van der Waals surface area contributed by atoms with E-state index in [0.29, 0.717) is 17.1 Å². The van der Waals surface area contributed by atoms with Crippen molar-refractivity contribution in [2.45, 2.75) is 6.42 Å². The Bertz CT molecular complexity index is 873. The number of hydrogen-bond acceptors (Lipinski definition) is 7. The molecule has 146 valence electrons. The summed E-state index contributed by atoms with van der Waals surface area (Å²) in [6.07, 6.45) is 2.43. The molecule has 2 aromatic heterocycles. The van der Waals surface area contributed by atoms with Crippen LogP contribution in [0.15, 0.2) is 48.1 Å². The minimum absolute atomic E-state index is 0.0746. The number of aromatic nitrogens is 4. The lowest BCUT2D eigenvalue weighted by Crippen LogP contribution is -2.47. The SMILES string of the molecule is O=C(NCCCN1CCN(c2ccccc2)CC1)c1sccc1-n1cnnn1. The van der Waals surface area contributed by atoms with E-state index in [2.05, 4.69) is 61.0 Å². The maximum Gasteiger partial charge on any atom is 0.263 e. The average Bonchev–Trinajstić information content (AvgIpc) is 3.43. The van der Waals surface area contributed by atoms with E-state index in [1.54, 1.807) is 0 Å². The predicted octanol–water partition coefficient (Wildman–Crippen LogP) is 1.67. The Morgan fingerprint density at radius 1 is 1.11 bits per heavy atom. The Labute approximate surface area is 167 Å². The topological polar surface area (TPSA) is 79.2 Å². The van der Waals surface area contributed by atoms with Gasteiger partial charge in [0.1, 0.15) is 11.2 Å². The number of amides is 1. The molecule has 1 aliphatic heterocycles. The van der Waals surface area contributed by atoms with Gasteiger partial charge in [0.2, 0.25) is 0 Å². The second-order valence-electron chi connectivity index (χ2n) is 6.66. The molecule has 9 heteroatoms. The molecule has 0 radical (unpaired) electrons. The first kappa shape index (κ1) is 18.6. The molecule has 0 bridgehead atoms. The van der Waals surface area contributed by atoms with Gasteiger partial charge in [-0.15, -0.1) is 16.4 Å². The van der Waals surface area contributed by atoms with E-state index in [1.807, 2.05) is 11.4 Å². The summed E-state index contributed by atoms with van der Waals surface area (Å²) in [6.45, 7) is 5.84. The molecule has 8 nitrogen and oxygen atoms in total. The maximum atomic E-state index is 12.5. The fraction of sp³-hybridized carbons (Fsp3) is 0.368. The molecule has 1 N–H and O–H groups in total. The van der Waals surface area contributed by atoms with Crippen molar-refractivity contribution in [1.82, 2.24) is 30.4 Å². The van der Waals surface area contributed by atoms with E-state index in [0.717, 1.165) is 39.1 Å². The van der Waals surface area contributed by atoms with Gasteiger partial charge in [-0.2, -0.15) is 4.68 Å². The lowest BCUT2D eigenvalue weighted by atomic mass is 10.2. The number of piperazine rings is 1. The Morgan fingerprint density at radius 2 is 1.93 bits per heavy atom. The van der Waals surface area contributed by atoms with Crippen molar-refractivity contribution in [3.63, 3.8) is 0 Å². The van der Waals surface area contributed by atoms with Crippen LogP contribution in [0.3, 0.4) is 0 Å². The summed E-state index contributed by atoms with van der Waals surface area (Å²) < 4.78 is 1.51. The average molecular weight is 398 g/mol. The van der Waals surface area contributed by atoms with Crippen LogP contribution < -0.4 is 10.2 Å². The number of nitrogens with zero attached hydrogens (tertiary/aromatic N) is 6. The van der Waals surface area contributed by atoms with Gasteiger partial charge in [-0.3, -0.25) is 9.69 Å². The van der Waals surface area contributed by atoms with E-state index in [9.17, 15) is 4.79 Å². The normalized spacial score (nSPS) is 14.9. The molecule has 3 heterocycles. The van der Waals surface area contributed by atoms with Crippen LogP contribution in [0, 0.1) is 0 Å². The number of carbonyl (C=O) groups is 1. The fourth-order valence-electron chi connectivity index (χ4n) is 3.38. The number of hydrogen-bond donors (Lipinski definition) is 1. The van der Waals surface area contributed by atoms with Gasteiger partial charge in [-0.1, -0.05) is 18.2 Å². The molecule has 1 amide bonds. The highest BCUT2D eigenvalue weighted by Crippen LogP contribution is 2.20. The van der Waals surface area contributed by atoms with Gasteiger partial charge in [0.25, 0.3) is 5.91 Å². The number of rotatable bonds is 7. The summed E-state index contributed by atoms with van der Waals surface area (Å²) >= 11 is 1.40. The summed E-state index contributed by atoms with van der Waals surface area (Å²) in [7, 11) is 0. The second-order valence-corrected chi connectivity index (χ2v) is 7.58. The Morgan fingerprint density at radius 3 is 2.68 bits per heavy atom. The molecular formula is C19H23N7OS. The molecule has 1 saturated heterocycles. The zero-order valence-corrected chi connectivity index (χ0v) is 16.4. The standard InChI is InChI=1S/C19H23N7OS/c27-19(18-17(7-14-28-18)26-15-21-22-23-26)20-8-4-9-24-10-12-25(13-11-24)16-5-2-1-3-6-16/h1-3,5-7,14-15H,4,8-13H2,(H,20,27). The van der Waals surface area contributed by atoms with Crippen molar-refractivity contribution in [3.05, 3.63) is 53.0 Å². The molecule has 3 aromatic rings. The van der Waals surface area contributed by atoms with Gasteiger partial charge in [0.05, 0.1) is 5.69 Å². The van der Waals surface area contributed by atoms with Crippen molar-refractivity contribution in [2.75, 3.05) is 44.2 Å². The van der Waals surface area contributed by atoms with Crippen LogP contribution in [-0.2, 0) is 0 Å². The monoisotopic (exact) mass is 397 g/mol. The van der Waals surface area contributed by atoms with Gasteiger partial charge >= 0.3 is 0 Å². The van der Waals surface area contributed by atoms with Crippen LogP contribution in [-0.4, -0.2) is 70.3 Å². The largest absolute Gasteiger partial charge is 0.369 e. The highest BCUT2D eigenvalue weighted by molar-refractivity contribution is 7.12. The fourth-order valence-corrected chi connectivity index (χ4v) is 4.17. The summed E-state index contributed by atoms with van der Waals surface area (Å²) in [5, 5.41) is 16.0. The van der Waals surface area contributed by atoms with E-state index >= 15 is 0 Å². The summed E-state index contributed by atoms with van der Waals surface area (Å²) in [5.74, 6) is -0.0746. The minimum atomic E-state index is -0.0746. The van der Waals surface area contributed by atoms with Crippen molar-refractivity contribution < 1.29 is 4.79 Å². The Balaban J connectivity index is 1.19. The van der Waals surface area contributed by atoms with Gasteiger partial charge < -0.3 is 10.2 Å². The third-order valence-electron chi connectivity index (χ3n) is 4.88. The second kappa shape index (κ2) is 8.94. The zero-order valence-electron chi connectivity index (χ0n) is 15.6. The molecule has 0 atom stereocenters. The lowest BCUT2D eigenvalue weighted by molar-refractivity contribution is 0.0955. The molecule has 1 aromatic carbocycles. The third-order valence-corrected chi connectivity index (χ3v) is 5.78. The lowest BCUT2D eigenvalue weighted by Gasteiger charge is -2.36. The zero-order chi connectivity index (χ0) is 19.2. The molecular weight excluding hydrogens is 374 g/mol. The number of para-hydroxylation sites is 1. The van der Waals surface area contributed by atoms with Crippen LogP contribution in [0.25, 0.3) is 5.69 Å². The van der Waals surface area contributed by atoms with Crippen molar-refractivity contribution in [3.8, 4) is 5.69 Å². The number of nitrogens with one attached hydrogen (secondary N) is 1. The van der Waals surface area contributed by atoms with Crippen LogP contribution in [0.4, 0.5) is 5.69 Å². The molecule has 0 unspecified atom stereocenters. The van der Waals surface area contributed by atoms with E-state index in [1.165, 1.54) is 28.0 Å². The molecule has 0 spiro atoms. The smallest absolute Gasteiger partial charge is 0.263 e. The molecule has 4 rings (SSSR count). The first-order chi connectivity index (χ1) is 13.8. The van der Waals surface area contributed by atoms with Gasteiger partial charge in [-0.25, -0.2) is 0 Å². The Kier molecular flexibility index (Phi) is 5.93. The van der Waals surface area contributed by atoms with Crippen LogP contribution in [0.2, 0.25) is 0 Å². The van der Waals surface area contributed by atoms with E-state index in [-0.39, 0.29) is 5.91 Å². The maximum absolute atomic E-state index is 12.5. The van der Waals surface area contributed by atoms with Gasteiger partial charge in [-0.05, 0) is 47.0 Å². The molecule has 1 aliphatic rings. The molecule has 28 heavy (non-hydrogen) atoms. The summed E-state index contributed by atoms with van der Waals surface area (Å²) in [6, 6.07) is 12.4. The van der Waals surface area contributed by atoms with Gasteiger partial charge in [0.15, 0.2) is 0 Å². The van der Waals surface area contributed by atoms with E-state index in [4.69, 9.17) is 0 Å².